The lowest BCUT2D eigenvalue weighted by atomic mass is 9.99. The zero-order chi connectivity index (χ0) is 11.1. The summed E-state index contributed by atoms with van der Waals surface area (Å²) in [6.07, 6.45) is 0.998. The Morgan fingerprint density at radius 2 is 2.13 bits per heavy atom. The van der Waals surface area contributed by atoms with Gasteiger partial charge in [0.15, 0.2) is 0 Å². The molecule has 0 radical (unpaired) electrons. The maximum atomic E-state index is 11.6. The summed E-state index contributed by atoms with van der Waals surface area (Å²) in [4.78, 5) is 11.6. The van der Waals surface area contributed by atoms with Crippen molar-refractivity contribution in [1.29, 1.82) is 0 Å². The number of rotatable bonds is 6. The molecule has 1 saturated heterocycles. The number of esters is 1. The van der Waals surface area contributed by atoms with Crippen molar-refractivity contribution in [2.24, 2.45) is 11.8 Å². The lowest BCUT2D eigenvalue weighted by molar-refractivity contribution is -0.150. The van der Waals surface area contributed by atoms with Gasteiger partial charge in [0, 0.05) is 13.2 Å². The van der Waals surface area contributed by atoms with Gasteiger partial charge >= 0.3 is 5.97 Å². The van der Waals surface area contributed by atoms with Crippen LogP contribution in [-0.4, -0.2) is 38.9 Å². The average Bonchev–Trinajstić information content (AvgIpc) is 2.64. The van der Waals surface area contributed by atoms with Gasteiger partial charge in [-0.3, -0.25) is 4.79 Å². The van der Waals surface area contributed by atoms with Crippen LogP contribution in [0, 0.1) is 11.8 Å². The van der Waals surface area contributed by atoms with Gasteiger partial charge in [-0.15, -0.1) is 0 Å². The van der Waals surface area contributed by atoms with Gasteiger partial charge in [-0.1, -0.05) is 13.8 Å². The molecule has 0 aromatic heterocycles. The van der Waals surface area contributed by atoms with Gasteiger partial charge in [0.1, 0.15) is 6.61 Å². The normalized spacial score (nSPS) is 25.5. The molecule has 0 bridgehead atoms. The summed E-state index contributed by atoms with van der Waals surface area (Å²) >= 11 is 0. The van der Waals surface area contributed by atoms with Gasteiger partial charge < -0.3 is 14.8 Å². The molecular formula is C11H21NO3. The molecule has 1 aliphatic rings. The first kappa shape index (κ1) is 12.5. The van der Waals surface area contributed by atoms with E-state index in [1.54, 1.807) is 0 Å². The molecular weight excluding hydrogens is 194 g/mol. The first-order chi connectivity index (χ1) is 7.25. The number of carbonyl (C=O) groups is 1. The zero-order valence-electron chi connectivity index (χ0n) is 9.62. The Hall–Kier alpha value is -0.610. The molecule has 2 atom stereocenters. The van der Waals surface area contributed by atoms with Gasteiger partial charge in [-0.2, -0.15) is 0 Å². The molecule has 1 heterocycles. The number of hydrogen-bond donors (Lipinski definition) is 1. The van der Waals surface area contributed by atoms with E-state index < -0.39 is 0 Å². The summed E-state index contributed by atoms with van der Waals surface area (Å²) in [6.45, 7) is 7.40. The van der Waals surface area contributed by atoms with Crippen LogP contribution < -0.4 is 5.32 Å². The van der Waals surface area contributed by atoms with E-state index in [1.807, 2.05) is 0 Å². The third kappa shape index (κ3) is 4.18. The third-order valence-electron chi connectivity index (χ3n) is 2.64. The van der Waals surface area contributed by atoms with Crippen molar-refractivity contribution in [1.82, 2.24) is 5.32 Å². The summed E-state index contributed by atoms with van der Waals surface area (Å²) in [5.41, 5.74) is 0. The first-order valence-electron chi connectivity index (χ1n) is 5.70. The van der Waals surface area contributed by atoms with E-state index in [-0.39, 0.29) is 11.9 Å². The van der Waals surface area contributed by atoms with Crippen molar-refractivity contribution in [3.8, 4) is 0 Å². The highest BCUT2D eigenvalue weighted by Crippen LogP contribution is 2.16. The molecule has 1 fully saturated rings. The second-order valence-electron chi connectivity index (χ2n) is 4.02. The van der Waals surface area contributed by atoms with E-state index in [0.29, 0.717) is 19.1 Å². The summed E-state index contributed by atoms with van der Waals surface area (Å²) < 4.78 is 10.4. The molecule has 4 heteroatoms. The van der Waals surface area contributed by atoms with Crippen LogP contribution in [0.1, 0.15) is 20.3 Å². The lowest BCUT2D eigenvalue weighted by Crippen LogP contribution is -2.25. The Bertz CT molecular complexity index is 196. The van der Waals surface area contributed by atoms with Crippen LogP contribution in [-0.2, 0) is 14.3 Å². The minimum absolute atomic E-state index is 0.0242. The molecule has 1 aliphatic heterocycles. The minimum Gasteiger partial charge on any atom is -0.463 e. The van der Waals surface area contributed by atoms with Crippen LogP contribution in [0.3, 0.4) is 0 Å². The van der Waals surface area contributed by atoms with Gasteiger partial charge in [-0.05, 0) is 18.9 Å². The quantitative estimate of drug-likeness (QED) is 0.526. The summed E-state index contributed by atoms with van der Waals surface area (Å²) in [5.74, 6) is 0.317. The van der Waals surface area contributed by atoms with Crippen LogP contribution >= 0.6 is 0 Å². The van der Waals surface area contributed by atoms with E-state index in [4.69, 9.17) is 9.47 Å². The smallest absolute Gasteiger partial charge is 0.310 e. The summed E-state index contributed by atoms with van der Waals surface area (Å²) in [5, 5.41) is 3.18. The Morgan fingerprint density at radius 3 is 2.73 bits per heavy atom. The number of hydrogen-bond acceptors (Lipinski definition) is 4. The van der Waals surface area contributed by atoms with E-state index in [2.05, 4.69) is 19.2 Å². The van der Waals surface area contributed by atoms with E-state index in [9.17, 15) is 4.79 Å². The van der Waals surface area contributed by atoms with Gasteiger partial charge in [-0.25, -0.2) is 0 Å². The Kier molecular flexibility index (Phi) is 5.65. The van der Waals surface area contributed by atoms with Crippen LogP contribution in [0.2, 0.25) is 0 Å². The van der Waals surface area contributed by atoms with Crippen molar-refractivity contribution in [3.05, 3.63) is 0 Å². The van der Waals surface area contributed by atoms with Gasteiger partial charge in [0.2, 0.25) is 0 Å². The van der Waals surface area contributed by atoms with Crippen molar-refractivity contribution >= 4 is 5.97 Å². The Morgan fingerprint density at radius 1 is 1.33 bits per heavy atom. The fourth-order valence-electron chi connectivity index (χ4n) is 1.68. The van der Waals surface area contributed by atoms with Crippen molar-refractivity contribution in [2.75, 3.05) is 32.9 Å². The van der Waals surface area contributed by atoms with Crippen LogP contribution in [0.4, 0.5) is 0 Å². The summed E-state index contributed by atoms with van der Waals surface area (Å²) in [7, 11) is 0. The number of carbonyl (C=O) groups excluding carboxylic acids is 1. The molecule has 0 aliphatic carbocycles. The van der Waals surface area contributed by atoms with Crippen molar-refractivity contribution < 1.29 is 14.3 Å². The minimum atomic E-state index is -0.0902. The molecule has 0 amide bonds. The molecule has 0 spiro atoms. The fraction of sp³-hybridized carbons (Fsp3) is 0.909. The van der Waals surface area contributed by atoms with Crippen LogP contribution in [0.25, 0.3) is 0 Å². The predicted molar refractivity (Wildman–Crippen MR) is 57.6 cm³/mol. The fourth-order valence-corrected chi connectivity index (χ4v) is 1.68. The second-order valence-corrected chi connectivity index (χ2v) is 4.02. The molecule has 88 valence electrons. The SMILES string of the molecule is CCCOCCOC(=O)C1CNCC1C. The van der Waals surface area contributed by atoms with Crippen molar-refractivity contribution in [3.63, 3.8) is 0 Å². The maximum Gasteiger partial charge on any atom is 0.310 e. The molecule has 0 aromatic rings. The number of nitrogens with one attached hydrogen (secondary N) is 1. The van der Waals surface area contributed by atoms with Crippen molar-refractivity contribution in [2.45, 2.75) is 20.3 Å². The van der Waals surface area contributed by atoms with Crippen LogP contribution in [0.5, 0.6) is 0 Å². The highest BCUT2D eigenvalue weighted by atomic mass is 16.6. The molecule has 1 rings (SSSR count). The van der Waals surface area contributed by atoms with E-state index in [1.165, 1.54) is 0 Å². The monoisotopic (exact) mass is 215 g/mol. The largest absolute Gasteiger partial charge is 0.463 e. The molecule has 15 heavy (non-hydrogen) atoms. The molecule has 4 nitrogen and oxygen atoms in total. The average molecular weight is 215 g/mol. The highest BCUT2D eigenvalue weighted by Gasteiger charge is 2.30. The van der Waals surface area contributed by atoms with Gasteiger partial charge in [0.25, 0.3) is 0 Å². The molecule has 0 aromatic carbocycles. The maximum absolute atomic E-state index is 11.6. The Balaban J connectivity index is 2.08. The second kappa shape index (κ2) is 6.80. The molecule has 1 N–H and O–H groups in total. The number of ether oxygens (including phenoxy) is 2. The molecule has 2 unspecified atom stereocenters. The topological polar surface area (TPSA) is 47.6 Å². The standard InChI is InChI=1S/C11H21NO3/c1-3-4-14-5-6-15-11(13)10-8-12-7-9(10)2/h9-10,12H,3-8H2,1-2H3. The van der Waals surface area contributed by atoms with E-state index in [0.717, 1.165) is 26.1 Å². The lowest BCUT2D eigenvalue weighted by Gasteiger charge is -2.13. The third-order valence-corrected chi connectivity index (χ3v) is 2.64. The first-order valence-corrected chi connectivity index (χ1v) is 5.70. The van der Waals surface area contributed by atoms with E-state index >= 15 is 0 Å². The van der Waals surface area contributed by atoms with Crippen LogP contribution in [0.15, 0.2) is 0 Å². The predicted octanol–water partition coefficient (Wildman–Crippen LogP) is 0.812. The zero-order valence-corrected chi connectivity index (χ0v) is 9.62. The molecule has 0 saturated carbocycles. The highest BCUT2D eigenvalue weighted by molar-refractivity contribution is 5.73. The summed E-state index contributed by atoms with van der Waals surface area (Å²) in [6, 6.07) is 0. The van der Waals surface area contributed by atoms with Gasteiger partial charge in [0.05, 0.1) is 12.5 Å². The Labute approximate surface area is 91.3 Å².